The molecule has 1 aromatic heterocycles. The van der Waals surface area contributed by atoms with Crippen molar-refractivity contribution in [2.45, 2.75) is 24.2 Å². The molecular weight excluding hydrogens is 394 g/mol. The molecule has 0 aliphatic carbocycles. The maximum atomic E-state index is 12.6. The van der Waals surface area contributed by atoms with Gasteiger partial charge in [0.1, 0.15) is 4.90 Å². The molecule has 0 saturated carbocycles. The quantitative estimate of drug-likeness (QED) is 0.689. The van der Waals surface area contributed by atoms with Gasteiger partial charge >= 0.3 is 0 Å². The van der Waals surface area contributed by atoms with Crippen LogP contribution in [0.5, 0.6) is 0 Å². The van der Waals surface area contributed by atoms with Crippen molar-refractivity contribution in [1.82, 2.24) is 4.31 Å². The predicted octanol–water partition coefficient (Wildman–Crippen LogP) is 4.38. The molecule has 114 valence electrons. The minimum atomic E-state index is -3.53. The van der Waals surface area contributed by atoms with Gasteiger partial charge < -0.3 is 0 Å². The number of hydrogen-bond donors (Lipinski definition) is 0. The first kappa shape index (κ1) is 17.0. The number of nitrogens with zero attached hydrogens (tertiary/aromatic N) is 1. The summed E-state index contributed by atoms with van der Waals surface area (Å²) in [5, 5.41) is 0. The fraction of sp³-hybridized carbons (Fsp3) is 0.286. The Labute approximate surface area is 142 Å². The second kappa shape index (κ2) is 6.79. The van der Waals surface area contributed by atoms with Gasteiger partial charge in [-0.05, 0) is 34.5 Å². The molecule has 0 aliphatic heterocycles. The molecule has 1 aromatic carbocycles. The second-order valence-corrected chi connectivity index (χ2v) is 9.47. The molecule has 0 atom stereocenters. The van der Waals surface area contributed by atoms with Crippen molar-refractivity contribution in [1.29, 1.82) is 0 Å². The average Bonchev–Trinajstić information content (AvgIpc) is 2.83. The third-order valence-corrected chi connectivity index (χ3v) is 7.55. The van der Waals surface area contributed by atoms with Crippen LogP contribution in [0.4, 0.5) is 0 Å². The van der Waals surface area contributed by atoms with Crippen molar-refractivity contribution in [2.75, 3.05) is 7.05 Å². The van der Waals surface area contributed by atoms with E-state index in [1.165, 1.54) is 15.6 Å². The van der Waals surface area contributed by atoms with E-state index in [2.05, 4.69) is 15.9 Å². The van der Waals surface area contributed by atoms with Crippen LogP contribution in [0.3, 0.4) is 0 Å². The Kier molecular flexibility index (Phi) is 5.48. The van der Waals surface area contributed by atoms with Gasteiger partial charge in [-0.3, -0.25) is 0 Å². The van der Waals surface area contributed by atoms with Gasteiger partial charge in [0.25, 0.3) is 0 Å². The Balaban J connectivity index is 2.25. The first-order valence-corrected chi connectivity index (χ1v) is 9.79. The van der Waals surface area contributed by atoms with Gasteiger partial charge in [-0.15, -0.1) is 22.9 Å². The zero-order valence-electron chi connectivity index (χ0n) is 11.6. The fourth-order valence-corrected chi connectivity index (χ4v) is 5.72. The minimum Gasteiger partial charge on any atom is -0.207 e. The Morgan fingerprint density at radius 1 is 1.29 bits per heavy atom. The molecule has 0 spiro atoms. The summed E-state index contributed by atoms with van der Waals surface area (Å²) in [5.41, 5.74) is 2.10. The Morgan fingerprint density at radius 2 is 1.90 bits per heavy atom. The highest BCUT2D eigenvalue weighted by Crippen LogP contribution is 2.34. The van der Waals surface area contributed by atoms with Crippen molar-refractivity contribution in [2.24, 2.45) is 0 Å². The maximum absolute atomic E-state index is 12.6. The summed E-state index contributed by atoms with van der Waals surface area (Å²) in [6.45, 7) is 2.33. The highest BCUT2D eigenvalue weighted by Gasteiger charge is 2.25. The SMILES string of the molecule is Cc1ccc(CN(C)S(=O)(=O)c2cc(CCl)sc2Br)cc1. The maximum Gasteiger partial charge on any atom is 0.245 e. The molecule has 7 heteroatoms. The lowest BCUT2D eigenvalue weighted by atomic mass is 10.1. The van der Waals surface area contributed by atoms with E-state index in [4.69, 9.17) is 11.6 Å². The summed E-state index contributed by atoms with van der Waals surface area (Å²) in [4.78, 5) is 1.10. The molecule has 0 bridgehead atoms. The highest BCUT2D eigenvalue weighted by atomic mass is 79.9. The summed E-state index contributed by atoms with van der Waals surface area (Å²) in [7, 11) is -1.95. The molecule has 0 saturated heterocycles. The van der Waals surface area contributed by atoms with E-state index in [0.717, 1.165) is 16.0 Å². The third-order valence-electron chi connectivity index (χ3n) is 3.05. The molecule has 3 nitrogen and oxygen atoms in total. The van der Waals surface area contributed by atoms with Crippen LogP contribution in [0.1, 0.15) is 16.0 Å². The lowest BCUT2D eigenvalue weighted by Gasteiger charge is -2.17. The Morgan fingerprint density at radius 3 is 2.43 bits per heavy atom. The zero-order chi connectivity index (χ0) is 15.6. The van der Waals surface area contributed by atoms with E-state index in [1.807, 2.05) is 31.2 Å². The molecule has 0 N–H and O–H groups in total. The van der Waals surface area contributed by atoms with E-state index in [1.54, 1.807) is 13.1 Å². The predicted molar refractivity (Wildman–Crippen MR) is 91.4 cm³/mol. The molecule has 0 fully saturated rings. The summed E-state index contributed by atoms with van der Waals surface area (Å²) in [6, 6.07) is 9.45. The van der Waals surface area contributed by atoms with Crippen LogP contribution in [0.25, 0.3) is 0 Å². The van der Waals surface area contributed by atoms with Crippen LogP contribution in [-0.2, 0) is 22.4 Å². The number of thiophene rings is 1. The van der Waals surface area contributed by atoms with E-state index < -0.39 is 10.0 Å². The van der Waals surface area contributed by atoms with Crippen molar-refractivity contribution in [3.05, 3.63) is 50.1 Å². The molecule has 0 amide bonds. The largest absolute Gasteiger partial charge is 0.245 e. The Bertz CT molecular complexity index is 726. The number of benzene rings is 1. The number of hydrogen-bond acceptors (Lipinski definition) is 3. The second-order valence-electron chi connectivity index (χ2n) is 4.73. The Hall–Kier alpha value is -0.400. The summed E-state index contributed by atoms with van der Waals surface area (Å²) in [5.74, 6) is 0.306. The van der Waals surface area contributed by atoms with Crippen LogP contribution in [0, 0.1) is 6.92 Å². The van der Waals surface area contributed by atoms with Gasteiger partial charge in [-0.25, -0.2) is 8.42 Å². The van der Waals surface area contributed by atoms with E-state index in [9.17, 15) is 8.42 Å². The van der Waals surface area contributed by atoms with Crippen molar-refractivity contribution in [3.8, 4) is 0 Å². The highest BCUT2D eigenvalue weighted by molar-refractivity contribution is 9.11. The third kappa shape index (κ3) is 3.87. The van der Waals surface area contributed by atoms with Gasteiger partial charge in [0.15, 0.2) is 0 Å². The first-order valence-electron chi connectivity index (χ1n) is 6.20. The lowest BCUT2D eigenvalue weighted by molar-refractivity contribution is 0.466. The van der Waals surface area contributed by atoms with Gasteiger partial charge in [0.2, 0.25) is 10.0 Å². The van der Waals surface area contributed by atoms with Gasteiger partial charge in [-0.2, -0.15) is 4.31 Å². The fourth-order valence-electron chi connectivity index (χ4n) is 1.84. The zero-order valence-corrected chi connectivity index (χ0v) is 15.6. The molecule has 21 heavy (non-hydrogen) atoms. The van der Waals surface area contributed by atoms with Crippen molar-refractivity contribution < 1.29 is 8.42 Å². The molecule has 1 heterocycles. The number of aryl methyl sites for hydroxylation is 1. The van der Waals surface area contributed by atoms with Crippen LogP contribution in [-0.4, -0.2) is 19.8 Å². The number of sulfonamides is 1. The molecule has 2 aromatic rings. The van der Waals surface area contributed by atoms with Crippen molar-refractivity contribution in [3.63, 3.8) is 0 Å². The normalized spacial score (nSPS) is 12.0. The molecule has 0 unspecified atom stereocenters. The van der Waals surface area contributed by atoms with Crippen LogP contribution < -0.4 is 0 Å². The van der Waals surface area contributed by atoms with Gasteiger partial charge in [-0.1, -0.05) is 29.8 Å². The first-order chi connectivity index (χ1) is 9.84. The molecule has 0 aliphatic rings. The summed E-state index contributed by atoms with van der Waals surface area (Å²) < 4.78 is 27.2. The average molecular weight is 409 g/mol. The minimum absolute atomic E-state index is 0.276. The monoisotopic (exact) mass is 407 g/mol. The molecule has 0 radical (unpaired) electrons. The van der Waals surface area contributed by atoms with Crippen LogP contribution in [0.2, 0.25) is 0 Å². The molecule has 2 rings (SSSR count). The number of rotatable bonds is 5. The summed E-state index contributed by atoms with van der Waals surface area (Å²) in [6.07, 6.45) is 0. The van der Waals surface area contributed by atoms with Crippen LogP contribution >= 0.6 is 38.9 Å². The molecular formula is C14H15BrClNO2S2. The standard InChI is InChI=1S/C14H15BrClNO2S2/c1-10-3-5-11(6-4-10)9-17(2)21(18,19)13-7-12(8-16)20-14(13)15/h3-7H,8-9H2,1-2H3. The van der Waals surface area contributed by atoms with Crippen LogP contribution in [0.15, 0.2) is 39.0 Å². The topological polar surface area (TPSA) is 37.4 Å². The summed E-state index contributed by atoms with van der Waals surface area (Å²) >= 11 is 10.4. The van der Waals surface area contributed by atoms with E-state index in [-0.39, 0.29) is 4.90 Å². The van der Waals surface area contributed by atoms with Gasteiger partial charge in [0, 0.05) is 18.5 Å². The van der Waals surface area contributed by atoms with E-state index in [0.29, 0.717) is 16.2 Å². The van der Waals surface area contributed by atoms with Crippen molar-refractivity contribution >= 4 is 48.9 Å². The number of halogens is 2. The number of alkyl halides is 1. The van der Waals surface area contributed by atoms with Gasteiger partial charge in [0.05, 0.1) is 9.67 Å². The smallest absolute Gasteiger partial charge is 0.207 e. The van der Waals surface area contributed by atoms with E-state index >= 15 is 0 Å². The lowest BCUT2D eigenvalue weighted by Crippen LogP contribution is -2.26.